The van der Waals surface area contributed by atoms with Crippen LogP contribution in [0.25, 0.3) is 0 Å². The highest BCUT2D eigenvalue weighted by atomic mass is 16.5. The molecule has 16 heavy (non-hydrogen) atoms. The topological polar surface area (TPSA) is 46.5 Å². The summed E-state index contributed by atoms with van der Waals surface area (Å²) in [6.07, 6.45) is 4.04. The molecule has 0 saturated carbocycles. The third kappa shape index (κ3) is 5.74. The Morgan fingerprint density at radius 1 is 1.38 bits per heavy atom. The highest BCUT2D eigenvalue weighted by Gasteiger charge is 2.18. The van der Waals surface area contributed by atoms with Crippen LogP contribution in [0.2, 0.25) is 0 Å². The molecule has 0 rings (SSSR count). The van der Waals surface area contributed by atoms with E-state index in [2.05, 4.69) is 19.2 Å². The van der Waals surface area contributed by atoms with Crippen LogP contribution < -0.4 is 0 Å². The smallest absolute Gasteiger partial charge is 0.344 e. The van der Waals surface area contributed by atoms with Gasteiger partial charge in [0.25, 0.3) is 0 Å². The first kappa shape index (κ1) is 14.9. The lowest BCUT2D eigenvalue weighted by molar-refractivity contribution is -0.139. The molecule has 0 aromatic rings. The van der Waals surface area contributed by atoms with E-state index in [9.17, 15) is 9.90 Å². The molecule has 1 unspecified atom stereocenters. The summed E-state index contributed by atoms with van der Waals surface area (Å²) in [6, 6.07) is 0. The van der Waals surface area contributed by atoms with Crippen LogP contribution >= 0.6 is 0 Å². The molecule has 0 aliphatic rings. The summed E-state index contributed by atoms with van der Waals surface area (Å²) in [5, 5.41) is 9.76. The zero-order valence-electron chi connectivity index (χ0n) is 10.3. The van der Waals surface area contributed by atoms with Crippen molar-refractivity contribution in [3.8, 4) is 0 Å². The molecule has 0 aliphatic carbocycles. The lowest BCUT2D eigenvalue weighted by Crippen LogP contribution is -2.19. The van der Waals surface area contributed by atoms with Gasteiger partial charge in [0, 0.05) is 0 Å². The van der Waals surface area contributed by atoms with Gasteiger partial charge in [-0.25, -0.2) is 4.79 Å². The van der Waals surface area contributed by atoms with E-state index in [1.807, 2.05) is 0 Å². The number of ether oxygens (including phenoxy) is 1. The lowest BCUT2D eigenvalue weighted by Gasteiger charge is -2.11. The molecule has 1 N–H and O–H groups in total. The molecular formula is C13H22O3. The molecule has 0 aliphatic heterocycles. The maximum absolute atomic E-state index is 11.4. The van der Waals surface area contributed by atoms with Crippen molar-refractivity contribution < 1.29 is 14.6 Å². The Bertz CT molecular complexity index is 252. The van der Waals surface area contributed by atoms with Gasteiger partial charge in [0.05, 0.1) is 12.7 Å². The fourth-order valence-corrected chi connectivity index (χ4v) is 1.44. The van der Waals surface area contributed by atoms with E-state index >= 15 is 0 Å². The second-order valence-electron chi connectivity index (χ2n) is 3.68. The van der Waals surface area contributed by atoms with Gasteiger partial charge < -0.3 is 9.84 Å². The Kier molecular flexibility index (Phi) is 8.59. The number of hydrogen-bond acceptors (Lipinski definition) is 3. The number of carbonyl (C=O) groups is 1. The molecule has 0 saturated heterocycles. The minimum Gasteiger partial charge on any atom is -0.462 e. The molecule has 3 nitrogen and oxygen atoms in total. The largest absolute Gasteiger partial charge is 0.462 e. The zero-order chi connectivity index (χ0) is 12.4. The molecule has 0 heterocycles. The van der Waals surface area contributed by atoms with Gasteiger partial charge in [-0.3, -0.25) is 0 Å². The standard InChI is InChI=1S/C13H22O3/c1-4-7-8-9-10-12(14)11(5-2)13(15)16-6-3/h12,14H,2,4,6-10H2,1,3H3. The molecule has 3 heteroatoms. The van der Waals surface area contributed by atoms with E-state index in [4.69, 9.17) is 4.74 Å². The Hall–Kier alpha value is -1.05. The van der Waals surface area contributed by atoms with E-state index < -0.39 is 12.1 Å². The number of carbonyl (C=O) groups excluding carboxylic acids is 1. The quantitative estimate of drug-likeness (QED) is 0.299. The summed E-state index contributed by atoms with van der Waals surface area (Å²) >= 11 is 0. The van der Waals surface area contributed by atoms with Crippen molar-refractivity contribution in [2.24, 2.45) is 0 Å². The Morgan fingerprint density at radius 3 is 2.56 bits per heavy atom. The number of aliphatic hydroxyl groups is 1. The maximum Gasteiger partial charge on any atom is 0.344 e. The first-order valence-electron chi connectivity index (χ1n) is 5.92. The lowest BCUT2D eigenvalue weighted by atomic mass is 10.0. The summed E-state index contributed by atoms with van der Waals surface area (Å²) in [7, 11) is 0. The molecule has 0 bridgehead atoms. The van der Waals surface area contributed by atoms with Crippen LogP contribution in [0.5, 0.6) is 0 Å². The van der Waals surface area contributed by atoms with Crippen LogP contribution in [0.3, 0.4) is 0 Å². The summed E-state index contributed by atoms with van der Waals surface area (Å²) in [6.45, 7) is 7.56. The average Bonchev–Trinajstić information content (AvgIpc) is 2.26. The third-order valence-corrected chi connectivity index (χ3v) is 2.35. The first-order valence-corrected chi connectivity index (χ1v) is 5.92. The molecule has 0 fully saturated rings. The van der Waals surface area contributed by atoms with Crippen LogP contribution in [-0.4, -0.2) is 23.8 Å². The molecular weight excluding hydrogens is 204 g/mol. The van der Waals surface area contributed by atoms with Crippen molar-refractivity contribution in [2.75, 3.05) is 6.61 Å². The first-order chi connectivity index (χ1) is 7.67. The van der Waals surface area contributed by atoms with Crippen molar-refractivity contribution in [2.45, 2.75) is 52.1 Å². The van der Waals surface area contributed by atoms with E-state index in [1.54, 1.807) is 6.92 Å². The molecule has 0 radical (unpaired) electrons. The van der Waals surface area contributed by atoms with Crippen LogP contribution in [-0.2, 0) is 9.53 Å². The SMILES string of the molecule is C=C=C(C(=O)OCC)C(O)CCCCCC. The van der Waals surface area contributed by atoms with Gasteiger partial charge in [-0.1, -0.05) is 39.2 Å². The fraction of sp³-hybridized carbons (Fsp3) is 0.692. The second kappa shape index (κ2) is 9.20. The number of unbranched alkanes of at least 4 members (excludes halogenated alkanes) is 3. The minimum atomic E-state index is -0.798. The van der Waals surface area contributed by atoms with E-state index in [1.165, 1.54) is 0 Å². The predicted octanol–water partition coefficient (Wildman–Crippen LogP) is 2.59. The van der Waals surface area contributed by atoms with E-state index in [0.29, 0.717) is 13.0 Å². The normalized spacial score (nSPS) is 11.7. The van der Waals surface area contributed by atoms with Crippen LogP contribution in [0.4, 0.5) is 0 Å². The van der Waals surface area contributed by atoms with Crippen LogP contribution in [0.15, 0.2) is 17.9 Å². The van der Waals surface area contributed by atoms with Gasteiger partial charge in [-0.05, 0) is 13.3 Å². The van der Waals surface area contributed by atoms with Crippen LogP contribution in [0.1, 0.15) is 46.0 Å². The van der Waals surface area contributed by atoms with Crippen molar-refractivity contribution in [3.63, 3.8) is 0 Å². The third-order valence-electron chi connectivity index (χ3n) is 2.35. The number of aliphatic hydroxyl groups excluding tert-OH is 1. The van der Waals surface area contributed by atoms with Crippen molar-refractivity contribution in [1.82, 2.24) is 0 Å². The molecule has 0 spiro atoms. The molecule has 92 valence electrons. The molecule has 1 atom stereocenters. The van der Waals surface area contributed by atoms with Gasteiger partial charge >= 0.3 is 5.97 Å². The van der Waals surface area contributed by atoms with Gasteiger partial charge in [-0.2, -0.15) is 0 Å². The average molecular weight is 226 g/mol. The second-order valence-corrected chi connectivity index (χ2v) is 3.68. The van der Waals surface area contributed by atoms with Crippen molar-refractivity contribution in [1.29, 1.82) is 0 Å². The maximum atomic E-state index is 11.4. The molecule has 0 aromatic carbocycles. The summed E-state index contributed by atoms with van der Waals surface area (Å²) in [4.78, 5) is 11.4. The van der Waals surface area contributed by atoms with Gasteiger partial charge in [-0.15, -0.1) is 5.73 Å². The van der Waals surface area contributed by atoms with Gasteiger partial charge in [0.1, 0.15) is 5.57 Å². The number of hydrogen-bond donors (Lipinski definition) is 1. The van der Waals surface area contributed by atoms with Gasteiger partial charge in [0.2, 0.25) is 0 Å². The van der Waals surface area contributed by atoms with E-state index in [-0.39, 0.29) is 5.57 Å². The monoisotopic (exact) mass is 226 g/mol. The number of rotatable bonds is 8. The van der Waals surface area contributed by atoms with Crippen LogP contribution in [0, 0.1) is 0 Å². The van der Waals surface area contributed by atoms with Crippen molar-refractivity contribution >= 4 is 5.97 Å². The summed E-state index contributed by atoms with van der Waals surface area (Å²) in [5.41, 5.74) is 2.62. The van der Waals surface area contributed by atoms with E-state index in [0.717, 1.165) is 25.7 Å². The molecule has 0 aromatic heterocycles. The minimum absolute atomic E-state index is 0.151. The Morgan fingerprint density at radius 2 is 2.06 bits per heavy atom. The Labute approximate surface area is 97.8 Å². The van der Waals surface area contributed by atoms with Crippen molar-refractivity contribution in [3.05, 3.63) is 17.9 Å². The highest BCUT2D eigenvalue weighted by molar-refractivity contribution is 5.89. The summed E-state index contributed by atoms with van der Waals surface area (Å²) < 4.78 is 4.81. The number of esters is 1. The van der Waals surface area contributed by atoms with Gasteiger partial charge in [0.15, 0.2) is 0 Å². The fourth-order valence-electron chi connectivity index (χ4n) is 1.44. The predicted molar refractivity (Wildman–Crippen MR) is 64.1 cm³/mol. The highest BCUT2D eigenvalue weighted by Crippen LogP contribution is 2.12. The zero-order valence-corrected chi connectivity index (χ0v) is 10.3. The summed E-state index contributed by atoms with van der Waals surface area (Å²) in [5.74, 6) is -0.513. The Balaban J connectivity index is 4.07. The molecule has 0 amide bonds.